The quantitative estimate of drug-likeness (QED) is 0.408. The predicted octanol–water partition coefficient (Wildman–Crippen LogP) is -1.52. The molecule has 0 saturated heterocycles. The normalized spacial score (nSPS) is 11.0. The molecule has 0 aliphatic heterocycles. The first-order valence-corrected chi connectivity index (χ1v) is 2.61. The molecule has 4 heteroatoms. The molecule has 0 heterocycles. The molecule has 0 aromatic heterocycles. The van der Waals surface area contributed by atoms with Crippen molar-refractivity contribution in [2.45, 2.75) is 12.5 Å². The van der Waals surface area contributed by atoms with Crippen LogP contribution in [0.3, 0.4) is 0 Å². The van der Waals surface area contributed by atoms with E-state index in [1.165, 1.54) is 0 Å². The van der Waals surface area contributed by atoms with Gasteiger partial charge in [-0.1, -0.05) is 0 Å². The number of aliphatic hydroxyl groups excluding tert-OH is 2. The molecule has 0 saturated carbocycles. The number of carbonyl (C=O) groups excluding carboxylic acids is 1. The molecule has 3 N–H and O–H groups in total. The van der Waals surface area contributed by atoms with Crippen LogP contribution < -0.4 is 5.32 Å². The molecule has 0 unspecified atom stereocenters. The summed E-state index contributed by atoms with van der Waals surface area (Å²) in [5.74, 6) is 0. The highest BCUT2D eigenvalue weighted by atomic mass is 16.3. The standard InChI is InChI=1S/C5H11NO3/c1-5(2-7,3-8)6-4-9/h4,7-8H,2-3H2,1H3,(H,6,9). The average Bonchev–Trinajstić information content (AvgIpc) is 1.89. The van der Waals surface area contributed by atoms with E-state index in [2.05, 4.69) is 5.32 Å². The Hall–Kier alpha value is -0.610. The zero-order valence-electron chi connectivity index (χ0n) is 5.29. The monoisotopic (exact) mass is 133 g/mol. The van der Waals surface area contributed by atoms with Crippen LogP contribution in [0.1, 0.15) is 6.92 Å². The predicted molar refractivity (Wildman–Crippen MR) is 31.8 cm³/mol. The maximum absolute atomic E-state index is 9.80. The molecule has 0 aromatic rings. The van der Waals surface area contributed by atoms with Gasteiger partial charge in [-0.2, -0.15) is 0 Å². The molecule has 0 aliphatic rings. The van der Waals surface area contributed by atoms with Crippen LogP contribution in [0.15, 0.2) is 0 Å². The topological polar surface area (TPSA) is 69.6 Å². The fourth-order valence-corrected chi connectivity index (χ4v) is 0.284. The highest BCUT2D eigenvalue weighted by molar-refractivity contribution is 5.47. The zero-order chi connectivity index (χ0) is 7.33. The van der Waals surface area contributed by atoms with Crippen LogP contribution in [0.25, 0.3) is 0 Å². The van der Waals surface area contributed by atoms with Gasteiger partial charge in [0.2, 0.25) is 6.41 Å². The summed E-state index contributed by atoms with van der Waals surface area (Å²) < 4.78 is 0. The first kappa shape index (κ1) is 8.39. The molecule has 9 heavy (non-hydrogen) atoms. The highest BCUT2D eigenvalue weighted by Gasteiger charge is 2.19. The van der Waals surface area contributed by atoms with Gasteiger partial charge >= 0.3 is 0 Å². The summed E-state index contributed by atoms with van der Waals surface area (Å²) in [6.07, 6.45) is 0.451. The van der Waals surface area contributed by atoms with E-state index >= 15 is 0 Å². The Bertz CT molecular complexity index is 90.2. The van der Waals surface area contributed by atoms with Gasteiger partial charge in [-0.3, -0.25) is 4.79 Å². The lowest BCUT2D eigenvalue weighted by Crippen LogP contribution is -2.48. The van der Waals surface area contributed by atoms with Crippen LogP contribution in [0, 0.1) is 0 Å². The van der Waals surface area contributed by atoms with E-state index < -0.39 is 5.54 Å². The van der Waals surface area contributed by atoms with Gasteiger partial charge in [0.1, 0.15) is 0 Å². The largest absolute Gasteiger partial charge is 0.394 e. The third kappa shape index (κ3) is 2.43. The molecular formula is C5H11NO3. The molecule has 0 atom stereocenters. The maximum atomic E-state index is 9.80. The summed E-state index contributed by atoms with van der Waals surface area (Å²) in [4.78, 5) is 9.80. The molecule has 0 bridgehead atoms. The van der Waals surface area contributed by atoms with Crippen molar-refractivity contribution in [1.29, 1.82) is 0 Å². The van der Waals surface area contributed by atoms with E-state index in [4.69, 9.17) is 10.2 Å². The van der Waals surface area contributed by atoms with Gasteiger partial charge in [0.15, 0.2) is 0 Å². The number of aliphatic hydroxyl groups is 2. The summed E-state index contributed by atoms with van der Waals surface area (Å²) in [5, 5.41) is 19.3. The van der Waals surface area contributed by atoms with Gasteiger partial charge in [-0.05, 0) is 6.92 Å². The van der Waals surface area contributed by atoms with Crippen molar-refractivity contribution in [3.63, 3.8) is 0 Å². The first-order valence-electron chi connectivity index (χ1n) is 2.61. The van der Waals surface area contributed by atoms with Crippen LogP contribution in [-0.2, 0) is 4.79 Å². The number of nitrogens with one attached hydrogen (secondary N) is 1. The first-order chi connectivity index (χ1) is 4.18. The summed E-state index contributed by atoms with van der Waals surface area (Å²) in [6, 6.07) is 0. The van der Waals surface area contributed by atoms with E-state index in [-0.39, 0.29) is 13.2 Å². The Balaban J connectivity index is 3.75. The van der Waals surface area contributed by atoms with Crippen molar-refractivity contribution in [2.75, 3.05) is 13.2 Å². The van der Waals surface area contributed by atoms with Crippen LogP contribution in [-0.4, -0.2) is 35.4 Å². The Morgan fingerprint density at radius 1 is 1.56 bits per heavy atom. The van der Waals surface area contributed by atoms with Crippen molar-refractivity contribution < 1.29 is 15.0 Å². The molecule has 0 fully saturated rings. The van der Waals surface area contributed by atoms with E-state index in [0.29, 0.717) is 6.41 Å². The number of hydrogen-bond acceptors (Lipinski definition) is 3. The van der Waals surface area contributed by atoms with Crippen molar-refractivity contribution in [1.82, 2.24) is 5.32 Å². The van der Waals surface area contributed by atoms with E-state index in [0.717, 1.165) is 0 Å². The highest BCUT2D eigenvalue weighted by Crippen LogP contribution is 1.97. The Labute approximate surface area is 53.5 Å². The summed E-state index contributed by atoms with van der Waals surface area (Å²) >= 11 is 0. The second-order valence-corrected chi connectivity index (χ2v) is 2.14. The molecule has 0 aliphatic carbocycles. The van der Waals surface area contributed by atoms with E-state index in [9.17, 15) is 4.79 Å². The smallest absolute Gasteiger partial charge is 0.207 e. The van der Waals surface area contributed by atoms with Crippen molar-refractivity contribution >= 4 is 6.41 Å². The third-order valence-electron chi connectivity index (χ3n) is 1.11. The number of amides is 1. The number of hydrogen-bond donors (Lipinski definition) is 3. The minimum atomic E-state index is -0.873. The van der Waals surface area contributed by atoms with Crippen LogP contribution >= 0.6 is 0 Å². The molecule has 1 amide bonds. The lowest BCUT2D eigenvalue weighted by molar-refractivity contribution is -0.112. The Morgan fingerprint density at radius 3 is 2.11 bits per heavy atom. The van der Waals surface area contributed by atoms with Crippen molar-refractivity contribution in [2.24, 2.45) is 0 Å². The average molecular weight is 133 g/mol. The fourth-order valence-electron chi connectivity index (χ4n) is 0.284. The van der Waals surface area contributed by atoms with Gasteiger partial charge < -0.3 is 15.5 Å². The lowest BCUT2D eigenvalue weighted by Gasteiger charge is -2.22. The maximum Gasteiger partial charge on any atom is 0.207 e. The molecular weight excluding hydrogens is 122 g/mol. The van der Waals surface area contributed by atoms with Crippen LogP contribution in [0.5, 0.6) is 0 Å². The number of carbonyl (C=O) groups is 1. The molecule has 0 spiro atoms. The van der Waals surface area contributed by atoms with Gasteiger partial charge in [0.25, 0.3) is 0 Å². The zero-order valence-corrected chi connectivity index (χ0v) is 5.29. The molecule has 4 nitrogen and oxygen atoms in total. The molecule has 0 aromatic carbocycles. The second kappa shape index (κ2) is 3.42. The van der Waals surface area contributed by atoms with Gasteiger partial charge in [0, 0.05) is 0 Å². The summed E-state index contributed by atoms with van der Waals surface area (Å²) in [7, 11) is 0. The molecule has 0 rings (SSSR count). The minimum Gasteiger partial charge on any atom is -0.394 e. The summed E-state index contributed by atoms with van der Waals surface area (Å²) in [6.45, 7) is 1.02. The molecule has 54 valence electrons. The lowest BCUT2D eigenvalue weighted by atomic mass is 10.1. The minimum absolute atomic E-state index is 0.262. The third-order valence-corrected chi connectivity index (χ3v) is 1.11. The van der Waals surface area contributed by atoms with E-state index in [1.54, 1.807) is 6.92 Å². The SMILES string of the molecule is CC(CO)(CO)NC=O. The Morgan fingerprint density at radius 2 is 2.00 bits per heavy atom. The number of rotatable bonds is 4. The Kier molecular flexibility index (Phi) is 3.19. The second-order valence-electron chi connectivity index (χ2n) is 2.14. The van der Waals surface area contributed by atoms with Gasteiger partial charge in [-0.15, -0.1) is 0 Å². The van der Waals surface area contributed by atoms with Gasteiger partial charge in [0.05, 0.1) is 18.8 Å². The van der Waals surface area contributed by atoms with Crippen LogP contribution in [0.4, 0.5) is 0 Å². The summed E-state index contributed by atoms with van der Waals surface area (Å²) in [5.41, 5.74) is -0.873. The molecule has 0 radical (unpaired) electrons. The van der Waals surface area contributed by atoms with Crippen LogP contribution in [0.2, 0.25) is 0 Å². The van der Waals surface area contributed by atoms with E-state index in [1.807, 2.05) is 0 Å². The fraction of sp³-hybridized carbons (Fsp3) is 0.800. The van der Waals surface area contributed by atoms with Gasteiger partial charge in [-0.25, -0.2) is 0 Å². The van der Waals surface area contributed by atoms with Crippen molar-refractivity contribution in [3.05, 3.63) is 0 Å². The van der Waals surface area contributed by atoms with Crippen molar-refractivity contribution in [3.8, 4) is 0 Å².